The molecule has 0 unspecified atom stereocenters. The van der Waals surface area contributed by atoms with Crippen molar-refractivity contribution in [2.75, 3.05) is 25.1 Å². The molecule has 0 atom stereocenters. The minimum absolute atomic E-state index is 0.0827. The highest BCUT2D eigenvalue weighted by Crippen LogP contribution is 2.15. The van der Waals surface area contributed by atoms with E-state index in [1.54, 1.807) is 19.9 Å². The van der Waals surface area contributed by atoms with Crippen molar-refractivity contribution in [3.8, 4) is 0 Å². The molecular weight excluding hydrogens is 336 g/mol. The van der Waals surface area contributed by atoms with E-state index in [9.17, 15) is 14.4 Å². The lowest BCUT2D eigenvalue weighted by Crippen LogP contribution is -2.50. The predicted octanol–water partition coefficient (Wildman–Crippen LogP) is 2.13. The molecule has 0 saturated carbocycles. The van der Waals surface area contributed by atoms with Gasteiger partial charge in [-0.25, -0.2) is 9.59 Å². The number of nitrogens with one attached hydrogen (secondary N) is 1. The molecule has 0 aliphatic rings. The molecule has 1 aromatic carbocycles. The van der Waals surface area contributed by atoms with Crippen LogP contribution in [-0.4, -0.2) is 48.5 Å². The van der Waals surface area contributed by atoms with Gasteiger partial charge in [-0.2, -0.15) is 0 Å². The molecule has 1 amide bonds. The van der Waals surface area contributed by atoms with E-state index in [0.717, 1.165) is 16.2 Å². The number of rotatable bonds is 10. The number of hydrogen-bond acceptors (Lipinski definition) is 6. The summed E-state index contributed by atoms with van der Waals surface area (Å²) < 4.78 is 9.90. The number of ether oxygens (including phenoxy) is 2. The predicted molar refractivity (Wildman–Crippen MR) is 98.4 cm³/mol. The highest BCUT2D eigenvalue weighted by atomic mass is 16.6. The first kappa shape index (κ1) is 21.2. The summed E-state index contributed by atoms with van der Waals surface area (Å²) >= 11 is 0. The number of carbonyl (C=O) groups excluding carboxylic acids is 3. The van der Waals surface area contributed by atoms with Crippen LogP contribution >= 0.6 is 0 Å². The van der Waals surface area contributed by atoms with Crippen LogP contribution in [0.2, 0.25) is 0 Å². The molecule has 1 N–H and O–H groups in total. The molecule has 0 aliphatic carbocycles. The Hall–Kier alpha value is -2.83. The average molecular weight is 362 g/mol. The Morgan fingerprint density at radius 2 is 1.65 bits per heavy atom. The molecule has 0 aliphatic heterocycles. The van der Waals surface area contributed by atoms with E-state index < -0.39 is 23.9 Å². The number of amides is 1. The maximum atomic E-state index is 12.2. The highest BCUT2D eigenvalue weighted by Gasteiger charge is 2.37. The Balaban J connectivity index is 3.02. The van der Waals surface area contributed by atoms with E-state index in [0.29, 0.717) is 6.54 Å². The average Bonchev–Trinajstić information content (AvgIpc) is 2.61. The fourth-order valence-electron chi connectivity index (χ4n) is 2.29. The standard InChI is InChI=1S/C19H26N2O5/c1-5-12-20-16-10-8-15(9-11-16)13-21(14(4)22)17(18(23)25-6-2)19(24)26-7-3/h5,8-11,17,20H,1,6-7,12-13H2,2-4H3. The molecule has 0 saturated heterocycles. The van der Waals surface area contributed by atoms with Crippen LogP contribution < -0.4 is 5.32 Å². The van der Waals surface area contributed by atoms with Crippen LogP contribution in [-0.2, 0) is 30.4 Å². The number of carbonyl (C=O) groups is 3. The normalized spacial score (nSPS) is 10.2. The lowest BCUT2D eigenvalue weighted by molar-refractivity contribution is -0.167. The second-order valence-electron chi connectivity index (χ2n) is 5.42. The molecule has 7 nitrogen and oxygen atoms in total. The zero-order valence-corrected chi connectivity index (χ0v) is 15.5. The monoisotopic (exact) mass is 362 g/mol. The van der Waals surface area contributed by atoms with E-state index in [4.69, 9.17) is 9.47 Å². The Morgan fingerprint density at radius 3 is 2.08 bits per heavy atom. The lowest BCUT2D eigenvalue weighted by Gasteiger charge is -2.27. The third-order valence-electron chi connectivity index (χ3n) is 3.49. The van der Waals surface area contributed by atoms with Gasteiger partial charge in [-0.15, -0.1) is 6.58 Å². The maximum Gasteiger partial charge on any atom is 0.340 e. The Morgan fingerprint density at radius 1 is 1.12 bits per heavy atom. The topological polar surface area (TPSA) is 84.9 Å². The van der Waals surface area contributed by atoms with Gasteiger partial charge in [0.05, 0.1) is 13.2 Å². The molecule has 142 valence electrons. The van der Waals surface area contributed by atoms with E-state index >= 15 is 0 Å². The first-order valence-electron chi connectivity index (χ1n) is 8.48. The summed E-state index contributed by atoms with van der Waals surface area (Å²) in [5.41, 5.74) is 1.67. The van der Waals surface area contributed by atoms with Crippen molar-refractivity contribution in [3.63, 3.8) is 0 Å². The van der Waals surface area contributed by atoms with Crippen molar-refractivity contribution in [2.45, 2.75) is 33.4 Å². The fraction of sp³-hybridized carbons (Fsp3) is 0.421. The number of anilines is 1. The van der Waals surface area contributed by atoms with Gasteiger partial charge in [0.25, 0.3) is 0 Å². The Bertz CT molecular complexity index is 609. The number of esters is 2. The zero-order chi connectivity index (χ0) is 19.5. The van der Waals surface area contributed by atoms with Crippen molar-refractivity contribution < 1.29 is 23.9 Å². The van der Waals surface area contributed by atoms with Crippen LogP contribution in [0.3, 0.4) is 0 Å². The number of benzene rings is 1. The van der Waals surface area contributed by atoms with Gasteiger partial charge >= 0.3 is 11.9 Å². The quantitative estimate of drug-likeness (QED) is 0.390. The molecule has 0 spiro atoms. The van der Waals surface area contributed by atoms with Gasteiger partial charge in [-0.1, -0.05) is 18.2 Å². The minimum Gasteiger partial charge on any atom is -0.464 e. The second kappa shape index (κ2) is 10.9. The zero-order valence-electron chi connectivity index (χ0n) is 15.5. The third kappa shape index (κ3) is 6.23. The highest BCUT2D eigenvalue weighted by molar-refractivity contribution is 6.02. The van der Waals surface area contributed by atoms with Crippen molar-refractivity contribution in [2.24, 2.45) is 0 Å². The smallest absolute Gasteiger partial charge is 0.340 e. The van der Waals surface area contributed by atoms with Gasteiger partial charge in [0.15, 0.2) is 0 Å². The van der Waals surface area contributed by atoms with Crippen LogP contribution in [0.1, 0.15) is 26.3 Å². The van der Waals surface area contributed by atoms with E-state index in [2.05, 4.69) is 11.9 Å². The SMILES string of the molecule is C=CCNc1ccc(CN(C(C)=O)C(C(=O)OCC)C(=O)OCC)cc1. The summed E-state index contributed by atoms with van der Waals surface area (Å²) in [6.07, 6.45) is 1.74. The second-order valence-corrected chi connectivity index (χ2v) is 5.42. The maximum absolute atomic E-state index is 12.2. The lowest BCUT2D eigenvalue weighted by atomic mass is 10.1. The van der Waals surface area contributed by atoms with Gasteiger partial charge in [-0.3, -0.25) is 4.79 Å². The molecule has 0 radical (unpaired) electrons. The summed E-state index contributed by atoms with van der Waals surface area (Å²) in [5.74, 6) is -2.03. The first-order valence-corrected chi connectivity index (χ1v) is 8.48. The van der Waals surface area contributed by atoms with Gasteiger partial charge in [0, 0.05) is 25.7 Å². The summed E-state index contributed by atoms with van der Waals surface area (Å²) in [4.78, 5) is 37.7. The summed E-state index contributed by atoms with van der Waals surface area (Å²) in [5, 5.41) is 3.14. The van der Waals surface area contributed by atoms with Gasteiger partial charge in [0.1, 0.15) is 0 Å². The van der Waals surface area contributed by atoms with Gasteiger partial charge in [-0.05, 0) is 31.5 Å². The molecule has 7 heteroatoms. The van der Waals surface area contributed by atoms with E-state index in [1.807, 2.05) is 24.3 Å². The Labute approximate surface area is 154 Å². The summed E-state index contributed by atoms with van der Waals surface area (Å²) in [6, 6.07) is 5.90. The molecule has 1 rings (SSSR count). The van der Waals surface area contributed by atoms with Crippen molar-refractivity contribution in [3.05, 3.63) is 42.5 Å². The van der Waals surface area contributed by atoms with E-state index in [-0.39, 0.29) is 19.8 Å². The van der Waals surface area contributed by atoms with Crippen molar-refractivity contribution in [1.82, 2.24) is 4.90 Å². The molecule has 0 bridgehead atoms. The van der Waals surface area contributed by atoms with Crippen LogP contribution in [0.5, 0.6) is 0 Å². The van der Waals surface area contributed by atoms with Crippen LogP contribution in [0.4, 0.5) is 5.69 Å². The largest absolute Gasteiger partial charge is 0.464 e. The van der Waals surface area contributed by atoms with Crippen molar-refractivity contribution >= 4 is 23.5 Å². The Kier molecular flexibility index (Phi) is 8.91. The number of hydrogen-bond donors (Lipinski definition) is 1. The number of nitrogens with zero attached hydrogens (tertiary/aromatic N) is 1. The molecular formula is C19H26N2O5. The molecule has 26 heavy (non-hydrogen) atoms. The van der Waals surface area contributed by atoms with Gasteiger partial charge < -0.3 is 19.7 Å². The van der Waals surface area contributed by atoms with Crippen LogP contribution in [0, 0.1) is 0 Å². The van der Waals surface area contributed by atoms with Gasteiger partial charge in [0.2, 0.25) is 11.9 Å². The van der Waals surface area contributed by atoms with Crippen LogP contribution in [0.15, 0.2) is 36.9 Å². The first-order chi connectivity index (χ1) is 12.4. The minimum atomic E-state index is -1.43. The summed E-state index contributed by atoms with van der Waals surface area (Å²) in [7, 11) is 0. The van der Waals surface area contributed by atoms with E-state index in [1.165, 1.54) is 6.92 Å². The fourth-order valence-corrected chi connectivity index (χ4v) is 2.29. The molecule has 0 fully saturated rings. The molecule has 0 aromatic heterocycles. The van der Waals surface area contributed by atoms with Crippen LogP contribution in [0.25, 0.3) is 0 Å². The molecule has 0 heterocycles. The third-order valence-corrected chi connectivity index (χ3v) is 3.49. The molecule has 1 aromatic rings. The summed E-state index contributed by atoms with van der Waals surface area (Å²) in [6.45, 7) is 9.12. The van der Waals surface area contributed by atoms with Crippen molar-refractivity contribution in [1.29, 1.82) is 0 Å².